The number of aliphatic hydroxyl groups is 6. The highest BCUT2D eigenvalue weighted by Gasteiger charge is 2.39. The van der Waals surface area contributed by atoms with Crippen LogP contribution in [0.25, 0.3) is 0 Å². The van der Waals surface area contributed by atoms with Crippen LogP contribution < -0.4 is 10.5 Å². The molecule has 0 bridgehead atoms. The predicted octanol–water partition coefficient (Wildman–Crippen LogP) is 0.264. The van der Waals surface area contributed by atoms with Gasteiger partial charge in [0.25, 0.3) is 0 Å². The smallest absolute Gasteiger partial charge is 0.303 e. The third kappa shape index (κ3) is 12.1. The van der Waals surface area contributed by atoms with Gasteiger partial charge in [0.15, 0.2) is 0 Å². The summed E-state index contributed by atoms with van der Waals surface area (Å²) in [5, 5.41) is 67.9. The number of carboxylic acid groups (broad SMARTS) is 1. The highest BCUT2D eigenvalue weighted by atomic mass is 32.1. The minimum absolute atomic E-state index is 0.128. The molecule has 1 saturated carbocycles. The van der Waals surface area contributed by atoms with Gasteiger partial charge in [-0.3, -0.25) is 4.79 Å². The molecular weight excluding hydrogens is 478 g/mol. The molecule has 1 fully saturated rings. The van der Waals surface area contributed by atoms with Crippen molar-refractivity contribution in [3.8, 4) is 5.75 Å². The van der Waals surface area contributed by atoms with Crippen LogP contribution in [-0.4, -0.2) is 92.0 Å². The van der Waals surface area contributed by atoms with Crippen molar-refractivity contribution in [1.29, 1.82) is 0 Å². The highest BCUT2D eigenvalue weighted by molar-refractivity contribution is 7.08. The third-order valence-electron chi connectivity index (χ3n) is 5.67. The average Bonchev–Trinajstić information content (AvgIpc) is 3.45. The van der Waals surface area contributed by atoms with Crippen LogP contribution in [0.3, 0.4) is 0 Å². The van der Waals surface area contributed by atoms with E-state index in [4.69, 9.17) is 30.9 Å². The van der Waals surface area contributed by atoms with Gasteiger partial charge < -0.3 is 46.2 Å². The van der Waals surface area contributed by atoms with Gasteiger partial charge >= 0.3 is 5.97 Å². The van der Waals surface area contributed by atoms with Gasteiger partial charge in [0, 0.05) is 24.1 Å². The van der Waals surface area contributed by atoms with E-state index in [0.717, 1.165) is 5.75 Å². The van der Waals surface area contributed by atoms with Gasteiger partial charge in [0.05, 0.1) is 37.6 Å². The summed E-state index contributed by atoms with van der Waals surface area (Å²) in [6.07, 6.45) is 7.52. The fourth-order valence-electron chi connectivity index (χ4n) is 3.43. The van der Waals surface area contributed by atoms with Gasteiger partial charge in [-0.1, -0.05) is 24.3 Å². The largest absolute Gasteiger partial charge is 0.490 e. The Balaban J connectivity index is 0.000000658. The number of aliphatic carboxylic acids is 1. The van der Waals surface area contributed by atoms with Gasteiger partial charge in [0.1, 0.15) is 18.5 Å². The molecule has 0 radical (unpaired) electrons. The van der Waals surface area contributed by atoms with Crippen LogP contribution in [-0.2, 0) is 4.79 Å². The minimum atomic E-state index is -1.21. The SMILES string of the molecule is NC(CO)(CO)CO.O=C(O)CCC/C=C\C[C@@H]1[C@@H](/C=C/C(O)COc2ccsc2)[C@H](O)C[C@@H]1O. The van der Waals surface area contributed by atoms with Crippen LogP contribution in [0, 0.1) is 11.8 Å². The molecule has 0 aliphatic heterocycles. The van der Waals surface area contributed by atoms with E-state index in [1.807, 2.05) is 29.0 Å². The quantitative estimate of drug-likeness (QED) is 0.125. The maximum absolute atomic E-state index is 10.5. The normalized spacial score (nSPS) is 23.4. The molecule has 200 valence electrons. The average molecular weight is 518 g/mol. The van der Waals surface area contributed by atoms with E-state index >= 15 is 0 Å². The fraction of sp³-hybridized carbons (Fsp3) is 0.625. The van der Waals surface area contributed by atoms with Crippen molar-refractivity contribution in [2.24, 2.45) is 17.6 Å². The molecule has 1 aliphatic rings. The number of ether oxygens (including phenoxy) is 1. The van der Waals surface area contributed by atoms with Crippen molar-refractivity contribution >= 4 is 17.3 Å². The van der Waals surface area contributed by atoms with E-state index in [1.165, 1.54) is 11.3 Å². The molecule has 35 heavy (non-hydrogen) atoms. The molecule has 0 saturated heterocycles. The lowest BCUT2D eigenvalue weighted by Gasteiger charge is -2.20. The van der Waals surface area contributed by atoms with Crippen molar-refractivity contribution in [3.05, 3.63) is 41.1 Å². The number of aliphatic hydroxyl groups excluding tert-OH is 6. The standard InChI is InChI=1S/C20H28O6S.C4H11NO3/c21-14(12-26-15-9-10-27-13-15)7-8-17-16(18(22)11-19(17)23)5-3-1-2-4-6-20(24)25;5-4(1-6,2-7)3-8/h1,3,7-10,13-14,16-19,21-23H,2,4-6,11-12H2,(H,24,25);6-8H,1-3,5H2/b3-1-,8-7+;/t14?,16-,17-,18+,19-;/m1./s1. The van der Waals surface area contributed by atoms with Crippen LogP contribution in [0.2, 0.25) is 0 Å². The first-order valence-electron chi connectivity index (χ1n) is 11.5. The molecule has 0 spiro atoms. The summed E-state index contributed by atoms with van der Waals surface area (Å²) in [6, 6.07) is 1.83. The second-order valence-electron chi connectivity index (χ2n) is 8.66. The lowest BCUT2D eigenvalue weighted by atomic mass is 9.89. The van der Waals surface area contributed by atoms with Crippen molar-refractivity contribution in [3.63, 3.8) is 0 Å². The molecule has 1 heterocycles. The van der Waals surface area contributed by atoms with Gasteiger partial charge in [-0.15, -0.1) is 11.3 Å². The first-order chi connectivity index (χ1) is 16.7. The Labute approximate surface area is 209 Å². The first kappa shape index (κ1) is 31.2. The molecule has 11 heteroatoms. The molecule has 1 unspecified atom stereocenters. The highest BCUT2D eigenvalue weighted by Crippen LogP contribution is 2.36. The van der Waals surface area contributed by atoms with Crippen molar-refractivity contribution in [1.82, 2.24) is 0 Å². The Bertz CT molecular complexity index is 744. The summed E-state index contributed by atoms with van der Waals surface area (Å²) in [7, 11) is 0. The third-order valence-corrected chi connectivity index (χ3v) is 6.33. The van der Waals surface area contributed by atoms with Crippen LogP contribution in [0.4, 0.5) is 0 Å². The minimum Gasteiger partial charge on any atom is -0.490 e. The molecule has 0 amide bonds. The number of allylic oxidation sites excluding steroid dienone is 2. The van der Waals surface area contributed by atoms with Crippen molar-refractivity contribution in [2.45, 2.75) is 56.0 Å². The lowest BCUT2D eigenvalue weighted by molar-refractivity contribution is -0.137. The summed E-state index contributed by atoms with van der Waals surface area (Å²) in [6.45, 7) is -1.08. The summed E-state index contributed by atoms with van der Waals surface area (Å²) >= 11 is 1.52. The number of nitrogens with two attached hydrogens (primary N) is 1. The molecule has 1 aliphatic carbocycles. The van der Waals surface area contributed by atoms with Crippen LogP contribution in [0.1, 0.15) is 32.1 Å². The Hall–Kier alpha value is -1.83. The maximum atomic E-state index is 10.5. The van der Waals surface area contributed by atoms with Crippen LogP contribution in [0.5, 0.6) is 5.75 Å². The van der Waals surface area contributed by atoms with E-state index in [0.29, 0.717) is 25.7 Å². The molecule has 0 aromatic carbocycles. The number of rotatable bonds is 14. The number of hydrogen-bond acceptors (Lipinski definition) is 10. The van der Waals surface area contributed by atoms with E-state index in [9.17, 15) is 20.1 Å². The van der Waals surface area contributed by atoms with E-state index in [-0.39, 0.29) is 24.9 Å². The molecule has 1 aromatic rings. The van der Waals surface area contributed by atoms with Gasteiger partial charge in [0.2, 0.25) is 0 Å². The molecular formula is C24H39NO9S. The van der Waals surface area contributed by atoms with Crippen molar-refractivity contribution in [2.75, 3.05) is 26.4 Å². The van der Waals surface area contributed by atoms with E-state index < -0.39 is 49.6 Å². The number of carboxylic acids is 1. The molecule has 2 rings (SSSR count). The number of thiophene rings is 1. The number of hydrogen-bond donors (Lipinski definition) is 8. The van der Waals surface area contributed by atoms with Crippen LogP contribution >= 0.6 is 11.3 Å². The monoisotopic (exact) mass is 517 g/mol. The number of unbranched alkanes of at least 4 members (excludes halogenated alkanes) is 1. The molecule has 10 nitrogen and oxygen atoms in total. The fourth-order valence-corrected chi connectivity index (χ4v) is 4.00. The zero-order chi connectivity index (χ0) is 26.3. The Morgan fingerprint density at radius 3 is 2.43 bits per heavy atom. The van der Waals surface area contributed by atoms with Crippen molar-refractivity contribution < 1.29 is 45.3 Å². The summed E-state index contributed by atoms with van der Waals surface area (Å²) < 4.78 is 5.46. The summed E-state index contributed by atoms with van der Waals surface area (Å²) in [5.41, 5.74) is 3.94. The molecule has 9 N–H and O–H groups in total. The predicted molar refractivity (Wildman–Crippen MR) is 132 cm³/mol. The zero-order valence-electron chi connectivity index (χ0n) is 19.7. The molecule has 1 aromatic heterocycles. The Morgan fingerprint density at radius 1 is 1.20 bits per heavy atom. The number of carbonyl (C=O) groups is 1. The first-order valence-corrected chi connectivity index (χ1v) is 12.5. The summed E-state index contributed by atoms with van der Waals surface area (Å²) in [5.74, 6) is -0.449. The van der Waals surface area contributed by atoms with Crippen LogP contribution in [0.15, 0.2) is 41.1 Å². The second kappa shape index (κ2) is 16.8. The second-order valence-corrected chi connectivity index (χ2v) is 9.44. The van der Waals surface area contributed by atoms with E-state index in [1.54, 1.807) is 12.2 Å². The van der Waals surface area contributed by atoms with Gasteiger partial charge in [-0.05, 0) is 36.6 Å². The van der Waals surface area contributed by atoms with Gasteiger partial charge in [-0.2, -0.15) is 0 Å². The maximum Gasteiger partial charge on any atom is 0.303 e. The Kier molecular flexibility index (Phi) is 15.0. The topological polar surface area (TPSA) is 194 Å². The molecule has 5 atom stereocenters. The zero-order valence-corrected chi connectivity index (χ0v) is 20.5. The van der Waals surface area contributed by atoms with E-state index in [2.05, 4.69) is 0 Å². The van der Waals surface area contributed by atoms with Gasteiger partial charge in [-0.25, -0.2) is 0 Å². The summed E-state index contributed by atoms with van der Waals surface area (Å²) in [4.78, 5) is 10.5. The Morgan fingerprint density at radius 2 is 1.89 bits per heavy atom. The lowest BCUT2D eigenvalue weighted by Crippen LogP contribution is -2.50.